The number of carbonyl (C=O) groups is 1. The van der Waals surface area contributed by atoms with Gasteiger partial charge < -0.3 is 14.5 Å². The molecule has 21 heavy (non-hydrogen) atoms. The fraction of sp³-hybridized carbons (Fsp3) is 0.353. The molecule has 112 valence electrons. The molecule has 1 heterocycles. The van der Waals surface area contributed by atoms with Crippen LogP contribution in [0.5, 0.6) is 5.75 Å². The van der Waals surface area contributed by atoms with E-state index in [9.17, 15) is 4.79 Å². The van der Waals surface area contributed by atoms with Gasteiger partial charge in [0.05, 0.1) is 12.8 Å². The van der Waals surface area contributed by atoms with E-state index in [4.69, 9.17) is 9.15 Å². The molecule has 1 aromatic heterocycles. The van der Waals surface area contributed by atoms with E-state index in [0.29, 0.717) is 18.2 Å². The van der Waals surface area contributed by atoms with Crippen molar-refractivity contribution in [3.8, 4) is 5.75 Å². The van der Waals surface area contributed by atoms with Crippen molar-refractivity contribution >= 4 is 5.91 Å². The summed E-state index contributed by atoms with van der Waals surface area (Å²) in [5.41, 5.74) is 1.25. The van der Waals surface area contributed by atoms with Crippen LogP contribution in [0.1, 0.15) is 38.0 Å². The number of ether oxygens (including phenoxy) is 1. The summed E-state index contributed by atoms with van der Waals surface area (Å²) in [5, 5.41) is 2.78. The molecule has 0 aliphatic carbocycles. The maximum Gasteiger partial charge on any atom is 0.261 e. The van der Waals surface area contributed by atoms with E-state index in [1.54, 1.807) is 19.3 Å². The van der Waals surface area contributed by atoms with Gasteiger partial charge in [-0.15, -0.1) is 0 Å². The molecule has 2 aromatic rings. The van der Waals surface area contributed by atoms with Crippen molar-refractivity contribution in [1.29, 1.82) is 0 Å². The first kappa shape index (κ1) is 15.2. The zero-order valence-electron chi connectivity index (χ0n) is 12.6. The van der Waals surface area contributed by atoms with Gasteiger partial charge in [-0.1, -0.05) is 26.0 Å². The fourth-order valence-corrected chi connectivity index (χ4v) is 1.92. The largest absolute Gasteiger partial charge is 0.481 e. The highest BCUT2D eigenvalue weighted by molar-refractivity contribution is 5.80. The second-order valence-corrected chi connectivity index (χ2v) is 5.28. The standard InChI is InChI=1S/C17H21NO3/c1-12(2)14-6-8-15(9-7-14)21-13(3)17(19)18-11-16-5-4-10-20-16/h4-10,12-13H,11H2,1-3H3,(H,18,19)/t13-/m1/s1. The quantitative estimate of drug-likeness (QED) is 0.885. The van der Waals surface area contributed by atoms with E-state index in [0.717, 1.165) is 5.76 Å². The molecule has 1 atom stereocenters. The van der Waals surface area contributed by atoms with Crippen LogP contribution in [0.15, 0.2) is 47.1 Å². The van der Waals surface area contributed by atoms with Crippen LogP contribution in [0.3, 0.4) is 0 Å². The van der Waals surface area contributed by atoms with Gasteiger partial charge in [0.25, 0.3) is 5.91 Å². The molecule has 1 amide bonds. The predicted molar refractivity (Wildman–Crippen MR) is 81.2 cm³/mol. The van der Waals surface area contributed by atoms with Crippen LogP contribution >= 0.6 is 0 Å². The summed E-state index contributed by atoms with van der Waals surface area (Å²) in [6.07, 6.45) is 1.03. The molecular weight excluding hydrogens is 266 g/mol. The maximum atomic E-state index is 11.9. The van der Waals surface area contributed by atoms with Gasteiger partial charge in [0.15, 0.2) is 6.10 Å². The molecule has 0 saturated carbocycles. The van der Waals surface area contributed by atoms with Gasteiger partial charge in [-0.3, -0.25) is 4.79 Å². The highest BCUT2D eigenvalue weighted by Crippen LogP contribution is 2.19. The second-order valence-electron chi connectivity index (χ2n) is 5.28. The molecule has 0 spiro atoms. The van der Waals surface area contributed by atoms with Crippen LogP contribution in [0, 0.1) is 0 Å². The molecular formula is C17H21NO3. The predicted octanol–water partition coefficient (Wildman–Crippen LogP) is 3.49. The summed E-state index contributed by atoms with van der Waals surface area (Å²) in [6, 6.07) is 11.4. The minimum Gasteiger partial charge on any atom is -0.481 e. The number of amides is 1. The number of benzene rings is 1. The lowest BCUT2D eigenvalue weighted by Gasteiger charge is -2.15. The summed E-state index contributed by atoms with van der Waals surface area (Å²) in [5.74, 6) is 1.73. The molecule has 0 aliphatic rings. The van der Waals surface area contributed by atoms with E-state index in [2.05, 4.69) is 19.2 Å². The number of carbonyl (C=O) groups excluding carboxylic acids is 1. The molecule has 0 radical (unpaired) electrons. The Labute approximate surface area is 125 Å². The molecule has 0 saturated heterocycles. The second kappa shape index (κ2) is 6.97. The van der Waals surface area contributed by atoms with Crippen molar-refractivity contribution in [3.63, 3.8) is 0 Å². The topological polar surface area (TPSA) is 51.5 Å². The number of hydrogen-bond acceptors (Lipinski definition) is 3. The van der Waals surface area contributed by atoms with Gasteiger partial charge in [-0.2, -0.15) is 0 Å². The molecule has 0 aliphatic heterocycles. The van der Waals surface area contributed by atoms with Crippen molar-refractivity contribution in [2.24, 2.45) is 0 Å². The fourth-order valence-electron chi connectivity index (χ4n) is 1.92. The van der Waals surface area contributed by atoms with Crippen molar-refractivity contribution in [2.75, 3.05) is 0 Å². The van der Waals surface area contributed by atoms with Crippen molar-refractivity contribution < 1.29 is 13.9 Å². The lowest BCUT2D eigenvalue weighted by molar-refractivity contribution is -0.127. The van der Waals surface area contributed by atoms with Crippen molar-refractivity contribution in [3.05, 3.63) is 54.0 Å². The highest BCUT2D eigenvalue weighted by Gasteiger charge is 2.14. The zero-order valence-corrected chi connectivity index (χ0v) is 12.6. The Hall–Kier alpha value is -2.23. The molecule has 0 bridgehead atoms. The van der Waals surface area contributed by atoms with Crippen LogP contribution in [0.25, 0.3) is 0 Å². The molecule has 1 N–H and O–H groups in total. The lowest BCUT2D eigenvalue weighted by Crippen LogP contribution is -2.35. The summed E-state index contributed by atoms with van der Waals surface area (Å²) in [4.78, 5) is 11.9. The van der Waals surface area contributed by atoms with Gasteiger partial charge in [0.2, 0.25) is 0 Å². The normalized spacial score (nSPS) is 12.2. The molecule has 4 heteroatoms. The van der Waals surface area contributed by atoms with E-state index >= 15 is 0 Å². The molecule has 0 fully saturated rings. The Morgan fingerprint density at radius 3 is 2.48 bits per heavy atom. The van der Waals surface area contributed by atoms with E-state index in [1.165, 1.54) is 5.56 Å². The van der Waals surface area contributed by atoms with E-state index in [1.807, 2.05) is 30.3 Å². The Morgan fingerprint density at radius 2 is 1.90 bits per heavy atom. The van der Waals surface area contributed by atoms with Gasteiger partial charge in [0.1, 0.15) is 11.5 Å². The average molecular weight is 287 g/mol. The Morgan fingerprint density at radius 1 is 1.19 bits per heavy atom. The van der Waals surface area contributed by atoms with E-state index < -0.39 is 6.10 Å². The molecule has 4 nitrogen and oxygen atoms in total. The summed E-state index contributed by atoms with van der Waals surface area (Å²) in [6.45, 7) is 6.38. The van der Waals surface area contributed by atoms with E-state index in [-0.39, 0.29) is 5.91 Å². The third-order valence-electron chi connectivity index (χ3n) is 3.25. The minimum absolute atomic E-state index is 0.167. The zero-order chi connectivity index (χ0) is 15.2. The maximum absolute atomic E-state index is 11.9. The van der Waals surface area contributed by atoms with Crippen LogP contribution in [0.2, 0.25) is 0 Å². The molecule has 2 rings (SSSR count). The third-order valence-corrected chi connectivity index (χ3v) is 3.25. The van der Waals surface area contributed by atoms with Gasteiger partial charge >= 0.3 is 0 Å². The first-order valence-corrected chi connectivity index (χ1v) is 7.13. The Kier molecular flexibility index (Phi) is 5.04. The van der Waals surface area contributed by atoms with Gasteiger partial charge in [-0.25, -0.2) is 0 Å². The summed E-state index contributed by atoms with van der Waals surface area (Å²) >= 11 is 0. The average Bonchev–Trinajstić information content (AvgIpc) is 2.98. The van der Waals surface area contributed by atoms with Gasteiger partial charge in [-0.05, 0) is 42.7 Å². The van der Waals surface area contributed by atoms with Crippen LogP contribution in [-0.2, 0) is 11.3 Å². The number of nitrogens with one attached hydrogen (secondary N) is 1. The van der Waals surface area contributed by atoms with Crippen molar-refractivity contribution in [2.45, 2.75) is 39.3 Å². The van der Waals surface area contributed by atoms with Gasteiger partial charge in [0, 0.05) is 0 Å². The summed E-state index contributed by atoms with van der Waals surface area (Å²) in [7, 11) is 0. The number of furan rings is 1. The smallest absolute Gasteiger partial charge is 0.261 e. The van der Waals surface area contributed by atoms with Crippen LogP contribution in [-0.4, -0.2) is 12.0 Å². The Bertz CT molecular complexity index is 558. The molecule has 0 unspecified atom stereocenters. The lowest BCUT2D eigenvalue weighted by atomic mass is 10.0. The SMILES string of the molecule is CC(C)c1ccc(O[C@H](C)C(=O)NCc2ccco2)cc1. The Balaban J connectivity index is 1.85. The minimum atomic E-state index is -0.551. The van der Waals surface area contributed by atoms with Crippen LogP contribution < -0.4 is 10.1 Å². The number of rotatable bonds is 6. The van der Waals surface area contributed by atoms with Crippen LogP contribution in [0.4, 0.5) is 0 Å². The molecule has 1 aromatic carbocycles. The number of hydrogen-bond donors (Lipinski definition) is 1. The summed E-state index contributed by atoms with van der Waals surface area (Å²) < 4.78 is 10.8. The highest BCUT2D eigenvalue weighted by atomic mass is 16.5. The first-order valence-electron chi connectivity index (χ1n) is 7.13. The monoisotopic (exact) mass is 287 g/mol. The first-order chi connectivity index (χ1) is 10.1. The van der Waals surface area contributed by atoms with Crippen molar-refractivity contribution in [1.82, 2.24) is 5.32 Å². The third kappa shape index (κ3) is 4.38.